The molecule has 0 aliphatic rings. The topological polar surface area (TPSA) is 88.8 Å². The zero-order valence-corrected chi connectivity index (χ0v) is 13.7. The zero-order chi connectivity index (χ0) is 20.7. The van der Waals surface area contributed by atoms with Gasteiger partial charge in [-0.2, -0.15) is 31.3 Å². The van der Waals surface area contributed by atoms with E-state index in [9.17, 15) is 26.3 Å². The fourth-order valence-corrected chi connectivity index (χ4v) is 2.36. The first-order valence-corrected chi connectivity index (χ1v) is 7.53. The Morgan fingerprint density at radius 3 is 2.04 bits per heavy atom. The van der Waals surface area contributed by atoms with Crippen LogP contribution in [0.5, 0.6) is 0 Å². The van der Waals surface area contributed by atoms with Crippen LogP contribution in [-0.2, 0) is 12.4 Å². The van der Waals surface area contributed by atoms with Gasteiger partial charge in [-0.1, -0.05) is 23.4 Å². The van der Waals surface area contributed by atoms with E-state index >= 15 is 0 Å². The Labute approximate surface area is 153 Å². The van der Waals surface area contributed by atoms with Gasteiger partial charge in [-0.3, -0.25) is 5.41 Å². The van der Waals surface area contributed by atoms with Gasteiger partial charge in [0.1, 0.15) is 5.84 Å². The van der Waals surface area contributed by atoms with E-state index < -0.39 is 34.9 Å². The Morgan fingerprint density at radius 1 is 0.893 bits per heavy atom. The van der Waals surface area contributed by atoms with Crippen LogP contribution >= 0.6 is 0 Å². The smallest absolute Gasteiger partial charge is 0.384 e. The molecule has 0 aliphatic heterocycles. The van der Waals surface area contributed by atoms with Crippen molar-refractivity contribution in [3.63, 3.8) is 0 Å². The normalized spacial score (nSPS) is 12.2. The van der Waals surface area contributed by atoms with Gasteiger partial charge in [-0.15, -0.1) is 0 Å². The van der Waals surface area contributed by atoms with Gasteiger partial charge in [0, 0.05) is 16.7 Å². The van der Waals surface area contributed by atoms with Crippen LogP contribution in [0.15, 0.2) is 47.0 Å². The van der Waals surface area contributed by atoms with Crippen molar-refractivity contribution in [2.75, 3.05) is 0 Å². The zero-order valence-electron chi connectivity index (χ0n) is 13.7. The van der Waals surface area contributed by atoms with Crippen molar-refractivity contribution in [2.45, 2.75) is 12.4 Å². The third-order valence-electron chi connectivity index (χ3n) is 3.69. The van der Waals surface area contributed by atoms with Crippen LogP contribution in [0, 0.1) is 5.41 Å². The molecular formula is C17H10F6N4O. The van der Waals surface area contributed by atoms with Crippen LogP contribution in [-0.4, -0.2) is 16.0 Å². The molecule has 0 bridgehead atoms. The molecule has 0 saturated carbocycles. The van der Waals surface area contributed by atoms with Crippen molar-refractivity contribution in [3.05, 3.63) is 59.2 Å². The minimum atomic E-state index is -4.99. The van der Waals surface area contributed by atoms with Gasteiger partial charge in [0.05, 0.1) is 11.1 Å². The largest absolute Gasteiger partial charge is 0.416 e. The summed E-state index contributed by atoms with van der Waals surface area (Å²) in [5.74, 6) is -0.831. The number of hydrogen-bond donors (Lipinski definition) is 2. The molecule has 0 spiro atoms. The summed E-state index contributed by atoms with van der Waals surface area (Å²) in [7, 11) is 0. The molecule has 28 heavy (non-hydrogen) atoms. The second-order valence-corrected chi connectivity index (χ2v) is 5.71. The molecule has 11 heteroatoms. The summed E-state index contributed by atoms with van der Waals surface area (Å²) in [6.45, 7) is 0. The monoisotopic (exact) mass is 400 g/mol. The van der Waals surface area contributed by atoms with E-state index in [-0.39, 0.29) is 17.7 Å². The average molecular weight is 400 g/mol. The van der Waals surface area contributed by atoms with Crippen LogP contribution in [0.2, 0.25) is 0 Å². The first kappa shape index (κ1) is 19.4. The molecule has 146 valence electrons. The second kappa shape index (κ2) is 6.66. The van der Waals surface area contributed by atoms with Crippen LogP contribution in [0.3, 0.4) is 0 Å². The van der Waals surface area contributed by atoms with Crippen LogP contribution in [0.25, 0.3) is 22.8 Å². The highest BCUT2D eigenvalue weighted by Crippen LogP contribution is 2.38. The summed E-state index contributed by atoms with van der Waals surface area (Å²) in [5, 5.41) is 11.0. The highest BCUT2D eigenvalue weighted by molar-refractivity contribution is 5.95. The number of nitrogens with two attached hydrogens (primary N) is 1. The van der Waals surface area contributed by atoms with E-state index in [0.717, 1.165) is 0 Å². The Hall–Kier alpha value is -3.37. The third kappa shape index (κ3) is 3.97. The maximum absolute atomic E-state index is 13.0. The number of halogens is 6. The summed E-state index contributed by atoms with van der Waals surface area (Å²) in [4.78, 5) is 3.87. The van der Waals surface area contributed by atoms with E-state index in [1.54, 1.807) is 0 Å². The SMILES string of the molecule is N=C(N)c1cccc(-c2noc(-c3cc(C(F)(F)F)cc(C(F)(F)F)c3)n2)c1. The Morgan fingerprint density at radius 2 is 1.50 bits per heavy atom. The number of alkyl halides is 6. The van der Waals surface area contributed by atoms with Crippen LogP contribution < -0.4 is 5.73 Å². The predicted octanol–water partition coefficient (Wildman–Crippen LogP) is 4.73. The standard InChI is InChI=1S/C17H10F6N4O/c18-16(19,20)11-5-10(6-12(7-11)17(21,22)23)15-26-14(27-28-15)9-3-1-2-8(4-9)13(24)25/h1-7H,(H3,24,25). The molecule has 0 aliphatic carbocycles. The molecule has 0 atom stereocenters. The Balaban J connectivity index is 2.08. The Kier molecular flexibility index (Phi) is 4.61. The molecule has 0 fully saturated rings. The molecule has 0 radical (unpaired) electrons. The molecule has 5 nitrogen and oxygen atoms in total. The average Bonchev–Trinajstić information content (AvgIpc) is 3.10. The van der Waals surface area contributed by atoms with Crippen molar-refractivity contribution in [2.24, 2.45) is 5.73 Å². The molecule has 3 rings (SSSR count). The van der Waals surface area contributed by atoms with Crippen LogP contribution in [0.4, 0.5) is 26.3 Å². The van der Waals surface area contributed by atoms with Crippen LogP contribution in [0.1, 0.15) is 16.7 Å². The van der Waals surface area contributed by atoms with Crippen molar-refractivity contribution in [1.29, 1.82) is 5.41 Å². The predicted molar refractivity (Wildman–Crippen MR) is 86.2 cm³/mol. The number of amidine groups is 1. The minimum absolute atomic E-state index is 0.0110. The number of nitrogens with one attached hydrogen (secondary N) is 1. The summed E-state index contributed by atoms with van der Waals surface area (Å²) < 4.78 is 82.7. The van der Waals surface area contributed by atoms with E-state index in [4.69, 9.17) is 15.7 Å². The summed E-state index contributed by atoms with van der Waals surface area (Å²) in [6, 6.07) is 7.04. The molecule has 1 heterocycles. The summed E-state index contributed by atoms with van der Waals surface area (Å²) in [5.41, 5.74) is 2.53. The minimum Gasteiger partial charge on any atom is -0.384 e. The van der Waals surface area contributed by atoms with Crippen molar-refractivity contribution < 1.29 is 30.9 Å². The fourth-order valence-electron chi connectivity index (χ4n) is 2.36. The number of nitrogens with zero attached hydrogens (tertiary/aromatic N) is 2. The quantitative estimate of drug-likeness (QED) is 0.378. The number of aromatic nitrogens is 2. The van der Waals surface area contributed by atoms with E-state index in [1.165, 1.54) is 24.3 Å². The maximum atomic E-state index is 13.0. The molecule has 3 N–H and O–H groups in total. The van der Waals surface area contributed by atoms with E-state index in [0.29, 0.717) is 23.3 Å². The molecule has 3 aromatic rings. The highest BCUT2D eigenvalue weighted by Gasteiger charge is 2.37. The van der Waals surface area contributed by atoms with Crippen molar-refractivity contribution in [1.82, 2.24) is 10.1 Å². The number of hydrogen-bond acceptors (Lipinski definition) is 4. The molecule has 0 amide bonds. The maximum Gasteiger partial charge on any atom is 0.416 e. The first-order valence-electron chi connectivity index (χ1n) is 7.53. The lowest BCUT2D eigenvalue weighted by molar-refractivity contribution is -0.143. The molecule has 0 unspecified atom stereocenters. The molecule has 0 saturated heterocycles. The highest BCUT2D eigenvalue weighted by atomic mass is 19.4. The Bertz CT molecular complexity index is 1010. The molecular weight excluding hydrogens is 390 g/mol. The van der Waals surface area contributed by atoms with E-state index in [1.807, 2.05) is 0 Å². The fraction of sp³-hybridized carbons (Fsp3) is 0.118. The number of rotatable bonds is 3. The lowest BCUT2D eigenvalue weighted by atomic mass is 10.0. The number of nitrogen functional groups attached to an aromatic ring is 1. The molecule has 2 aromatic carbocycles. The lowest BCUT2D eigenvalue weighted by Crippen LogP contribution is -2.11. The van der Waals surface area contributed by atoms with Gasteiger partial charge in [-0.05, 0) is 24.3 Å². The van der Waals surface area contributed by atoms with Gasteiger partial charge in [0.25, 0.3) is 5.89 Å². The van der Waals surface area contributed by atoms with Gasteiger partial charge >= 0.3 is 12.4 Å². The van der Waals surface area contributed by atoms with Gasteiger partial charge in [-0.25, -0.2) is 0 Å². The second-order valence-electron chi connectivity index (χ2n) is 5.71. The van der Waals surface area contributed by atoms with Gasteiger partial charge in [0.2, 0.25) is 5.82 Å². The summed E-state index contributed by atoms with van der Waals surface area (Å²) >= 11 is 0. The lowest BCUT2D eigenvalue weighted by Gasteiger charge is -2.12. The third-order valence-corrected chi connectivity index (χ3v) is 3.69. The van der Waals surface area contributed by atoms with Crippen molar-refractivity contribution >= 4 is 5.84 Å². The van der Waals surface area contributed by atoms with Gasteiger partial charge in [0.15, 0.2) is 0 Å². The number of benzene rings is 2. The van der Waals surface area contributed by atoms with E-state index in [2.05, 4.69) is 10.1 Å². The first-order chi connectivity index (χ1) is 12.9. The van der Waals surface area contributed by atoms with Crippen molar-refractivity contribution in [3.8, 4) is 22.8 Å². The van der Waals surface area contributed by atoms with Gasteiger partial charge < -0.3 is 10.3 Å². The molecule has 1 aromatic heterocycles. The summed E-state index contributed by atoms with van der Waals surface area (Å²) in [6.07, 6.45) is -9.98.